The van der Waals surface area contributed by atoms with E-state index in [1.165, 1.54) is 0 Å². The lowest BCUT2D eigenvalue weighted by Crippen LogP contribution is -2.49. The first-order chi connectivity index (χ1) is 9.90. The van der Waals surface area contributed by atoms with Gasteiger partial charge in [-0.3, -0.25) is 0 Å². The van der Waals surface area contributed by atoms with E-state index in [9.17, 15) is 14.0 Å². The summed E-state index contributed by atoms with van der Waals surface area (Å²) in [4.78, 5) is 25.2. The third kappa shape index (κ3) is 3.32. The zero-order valence-corrected chi connectivity index (χ0v) is 12.1. The van der Waals surface area contributed by atoms with Crippen molar-refractivity contribution < 1.29 is 19.1 Å². The van der Waals surface area contributed by atoms with Gasteiger partial charge in [-0.1, -0.05) is 0 Å². The summed E-state index contributed by atoms with van der Waals surface area (Å²) in [6.07, 6.45) is 2.88. The van der Waals surface area contributed by atoms with Crippen molar-refractivity contribution in [1.82, 2.24) is 4.90 Å². The molecule has 1 fully saturated rings. The first kappa shape index (κ1) is 15.3. The molecule has 2 unspecified atom stereocenters. The standard InChI is InChI=1S/C15H19FN2O3/c1-9-4-3-5-10(2)18(9)15(21)17-13-8-11(16)6-7-12(13)14(19)20/h6-10H,3-5H2,1-2H3,(H,17,21)(H,19,20). The first-order valence-corrected chi connectivity index (χ1v) is 7.02. The Bertz CT molecular complexity index is 552. The van der Waals surface area contributed by atoms with Crippen molar-refractivity contribution in [2.24, 2.45) is 0 Å². The van der Waals surface area contributed by atoms with Crippen LogP contribution in [0.25, 0.3) is 0 Å². The second kappa shape index (κ2) is 6.11. The zero-order chi connectivity index (χ0) is 15.6. The molecule has 5 nitrogen and oxygen atoms in total. The number of piperidine rings is 1. The topological polar surface area (TPSA) is 69.6 Å². The third-order valence-electron chi connectivity index (χ3n) is 3.88. The van der Waals surface area contributed by atoms with Crippen molar-refractivity contribution in [2.75, 3.05) is 5.32 Å². The number of rotatable bonds is 2. The van der Waals surface area contributed by atoms with Gasteiger partial charge in [0.2, 0.25) is 0 Å². The predicted octanol–water partition coefficient (Wildman–Crippen LogP) is 3.32. The monoisotopic (exact) mass is 294 g/mol. The third-order valence-corrected chi connectivity index (χ3v) is 3.88. The van der Waals surface area contributed by atoms with Crippen LogP contribution in [-0.2, 0) is 0 Å². The molecule has 2 N–H and O–H groups in total. The van der Waals surface area contributed by atoms with Gasteiger partial charge >= 0.3 is 12.0 Å². The average Bonchev–Trinajstić information content (AvgIpc) is 2.38. The minimum absolute atomic E-state index is 0.0162. The van der Waals surface area contributed by atoms with Crippen LogP contribution in [0, 0.1) is 5.82 Å². The molecule has 2 rings (SSSR count). The first-order valence-electron chi connectivity index (χ1n) is 7.02. The van der Waals surface area contributed by atoms with Gasteiger partial charge in [0.15, 0.2) is 0 Å². The molecule has 0 spiro atoms. The SMILES string of the molecule is CC1CCCC(C)N1C(=O)Nc1cc(F)ccc1C(=O)O. The molecule has 1 aliphatic rings. The number of anilines is 1. The summed E-state index contributed by atoms with van der Waals surface area (Å²) in [5, 5.41) is 11.6. The van der Waals surface area contributed by atoms with E-state index in [1.807, 2.05) is 13.8 Å². The van der Waals surface area contributed by atoms with Crippen LogP contribution in [0.15, 0.2) is 18.2 Å². The number of benzene rings is 1. The van der Waals surface area contributed by atoms with Gasteiger partial charge in [-0.05, 0) is 51.3 Å². The minimum atomic E-state index is -1.20. The number of carbonyl (C=O) groups excluding carboxylic acids is 1. The summed E-state index contributed by atoms with van der Waals surface area (Å²) in [6, 6.07) is 3.01. The smallest absolute Gasteiger partial charge is 0.337 e. The van der Waals surface area contributed by atoms with E-state index in [2.05, 4.69) is 5.32 Å². The molecular weight excluding hydrogens is 275 g/mol. The van der Waals surface area contributed by atoms with Crippen molar-refractivity contribution in [3.63, 3.8) is 0 Å². The lowest BCUT2D eigenvalue weighted by atomic mass is 9.98. The number of carboxylic acid groups (broad SMARTS) is 1. The zero-order valence-electron chi connectivity index (χ0n) is 12.1. The predicted molar refractivity (Wildman–Crippen MR) is 77.0 cm³/mol. The molecule has 0 bridgehead atoms. The molecule has 114 valence electrons. The Kier molecular flexibility index (Phi) is 4.45. The molecule has 2 amide bonds. The second-order valence-electron chi connectivity index (χ2n) is 5.46. The maximum atomic E-state index is 13.3. The van der Waals surface area contributed by atoms with Crippen molar-refractivity contribution in [1.29, 1.82) is 0 Å². The fraction of sp³-hybridized carbons (Fsp3) is 0.467. The van der Waals surface area contributed by atoms with Crippen LogP contribution in [0.4, 0.5) is 14.9 Å². The van der Waals surface area contributed by atoms with Crippen LogP contribution >= 0.6 is 0 Å². The van der Waals surface area contributed by atoms with E-state index in [1.54, 1.807) is 4.90 Å². The molecule has 6 heteroatoms. The molecule has 0 radical (unpaired) electrons. The summed E-state index contributed by atoms with van der Waals surface area (Å²) in [5.74, 6) is -1.79. The van der Waals surface area contributed by atoms with Crippen LogP contribution in [-0.4, -0.2) is 34.1 Å². The number of nitrogens with zero attached hydrogens (tertiary/aromatic N) is 1. The molecule has 1 aromatic rings. The van der Waals surface area contributed by atoms with Crippen molar-refractivity contribution in [3.8, 4) is 0 Å². The molecule has 0 aromatic heterocycles. The van der Waals surface area contributed by atoms with Gasteiger partial charge in [0.25, 0.3) is 0 Å². The lowest BCUT2D eigenvalue weighted by Gasteiger charge is -2.38. The molecule has 1 aromatic carbocycles. The van der Waals surface area contributed by atoms with Gasteiger partial charge in [-0.2, -0.15) is 0 Å². The minimum Gasteiger partial charge on any atom is -0.478 e. The number of aromatic carboxylic acids is 1. The molecular formula is C15H19FN2O3. The number of halogens is 1. The number of hydrogen-bond acceptors (Lipinski definition) is 2. The van der Waals surface area contributed by atoms with E-state index in [0.29, 0.717) is 0 Å². The molecule has 1 heterocycles. The van der Waals surface area contributed by atoms with E-state index >= 15 is 0 Å². The highest BCUT2D eigenvalue weighted by Gasteiger charge is 2.29. The highest BCUT2D eigenvalue weighted by atomic mass is 19.1. The number of nitrogens with one attached hydrogen (secondary N) is 1. The Morgan fingerprint density at radius 2 is 1.90 bits per heavy atom. The van der Waals surface area contributed by atoms with Gasteiger partial charge in [-0.15, -0.1) is 0 Å². The molecule has 21 heavy (non-hydrogen) atoms. The Morgan fingerprint density at radius 1 is 1.29 bits per heavy atom. The van der Waals surface area contributed by atoms with Crippen LogP contribution in [0.3, 0.4) is 0 Å². The van der Waals surface area contributed by atoms with Crippen LogP contribution in [0.1, 0.15) is 43.5 Å². The summed E-state index contributed by atoms with van der Waals surface area (Å²) >= 11 is 0. The maximum Gasteiger partial charge on any atom is 0.337 e. The quantitative estimate of drug-likeness (QED) is 0.879. The largest absolute Gasteiger partial charge is 0.478 e. The summed E-state index contributed by atoms with van der Waals surface area (Å²) in [7, 11) is 0. The molecule has 1 aliphatic heterocycles. The van der Waals surface area contributed by atoms with Gasteiger partial charge in [0.05, 0.1) is 11.3 Å². The average molecular weight is 294 g/mol. The van der Waals surface area contributed by atoms with Gasteiger partial charge in [0, 0.05) is 12.1 Å². The van der Waals surface area contributed by atoms with Crippen molar-refractivity contribution in [2.45, 2.75) is 45.2 Å². The van der Waals surface area contributed by atoms with Crippen LogP contribution in [0.2, 0.25) is 0 Å². The lowest BCUT2D eigenvalue weighted by molar-refractivity contribution is 0.0698. The Hall–Kier alpha value is -2.11. The van der Waals surface area contributed by atoms with Crippen LogP contribution in [0.5, 0.6) is 0 Å². The second-order valence-corrected chi connectivity index (χ2v) is 5.46. The van der Waals surface area contributed by atoms with Gasteiger partial charge in [0.1, 0.15) is 5.82 Å². The highest BCUT2D eigenvalue weighted by molar-refractivity contribution is 6.00. The number of urea groups is 1. The van der Waals surface area contributed by atoms with Crippen LogP contribution < -0.4 is 5.32 Å². The normalized spacial score (nSPS) is 22.0. The number of likely N-dealkylation sites (tertiary alicyclic amines) is 1. The maximum absolute atomic E-state index is 13.3. The summed E-state index contributed by atoms with van der Waals surface area (Å²) in [5.41, 5.74) is -0.139. The van der Waals surface area contributed by atoms with E-state index in [4.69, 9.17) is 5.11 Å². The Morgan fingerprint density at radius 3 is 2.48 bits per heavy atom. The number of carboxylic acids is 1. The Balaban J connectivity index is 2.23. The van der Waals surface area contributed by atoms with Gasteiger partial charge in [-0.25, -0.2) is 14.0 Å². The fourth-order valence-electron chi connectivity index (χ4n) is 2.81. The molecule has 1 saturated heterocycles. The van der Waals surface area contributed by atoms with E-state index in [0.717, 1.165) is 37.5 Å². The molecule has 0 aliphatic carbocycles. The molecule has 0 saturated carbocycles. The number of carbonyl (C=O) groups is 2. The summed E-state index contributed by atoms with van der Waals surface area (Å²) in [6.45, 7) is 3.91. The van der Waals surface area contributed by atoms with E-state index in [-0.39, 0.29) is 29.4 Å². The van der Waals surface area contributed by atoms with Crippen molar-refractivity contribution >= 4 is 17.7 Å². The van der Waals surface area contributed by atoms with Gasteiger partial charge < -0.3 is 15.3 Å². The molecule has 2 atom stereocenters. The number of hydrogen-bond donors (Lipinski definition) is 2. The Labute approximate surface area is 122 Å². The fourth-order valence-corrected chi connectivity index (χ4v) is 2.81. The van der Waals surface area contributed by atoms with Crippen molar-refractivity contribution in [3.05, 3.63) is 29.6 Å². The summed E-state index contributed by atoms with van der Waals surface area (Å²) < 4.78 is 13.3. The highest BCUT2D eigenvalue weighted by Crippen LogP contribution is 2.24. The van der Waals surface area contributed by atoms with E-state index < -0.39 is 11.8 Å². The number of amides is 2.